The molecule has 24 heavy (non-hydrogen) atoms. The Labute approximate surface area is 143 Å². The number of carbonyl (C=O) groups excluding carboxylic acids is 1. The van der Waals surface area contributed by atoms with Gasteiger partial charge in [-0.05, 0) is 44.9 Å². The third-order valence-corrected chi connectivity index (χ3v) is 4.02. The predicted molar refractivity (Wildman–Crippen MR) is 96.1 cm³/mol. The number of rotatable bonds is 7. The summed E-state index contributed by atoms with van der Waals surface area (Å²) in [6.07, 6.45) is 2.89. The number of benzene rings is 1. The van der Waals surface area contributed by atoms with Gasteiger partial charge in [-0.15, -0.1) is 10.2 Å². The van der Waals surface area contributed by atoms with Gasteiger partial charge in [-0.25, -0.2) is 0 Å². The summed E-state index contributed by atoms with van der Waals surface area (Å²) in [4.78, 5) is 14.3. The molecule has 2 aromatic rings. The first kappa shape index (κ1) is 18.0. The lowest BCUT2D eigenvalue weighted by Crippen LogP contribution is -2.29. The molecule has 0 saturated heterocycles. The Morgan fingerprint density at radius 3 is 2.46 bits per heavy atom. The van der Waals surface area contributed by atoms with Gasteiger partial charge in [0.25, 0.3) is 0 Å². The van der Waals surface area contributed by atoms with Gasteiger partial charge in [-0.3, -0.25) is 4.79 Å². The smallest absolute Gasteiger partial charge is 0.220 e. The molecule has 0 fully saturated rings. The fraction of sp³-hybridized carbons (Fsp3) is 0.500. The molecular formula is C18H27N5O. The van der Waals surface area contributed by atoms with Crippen molar-refractivity contribution < 1.29 is 4.79 Å². The number of nitrogens with zero attached hydrogens (tertiary/aromatic N) is 4. The molecule has 1 amide bonds. The van der Waals surface area contributed by atoms with Crippen molar-refractivity contribution in [3.63, 3.8) is 0 Å². The van der Waals surface area contributed by atoms with Crippen LogP contribution in [0.4, 0.5) is 5.69 Å². The summed E-state index contributed by atoms with van der Waals surface area (Å²) in [7, 11) is 4.03. The van der Waals surface area contributed by atoms with E-state index in [9.17, 15) is 4.79 Å². The van der Waals surface area contributed by atoms with Crippen LogP contribution in [0.1, 0.15) is 50.7 Å². The third kappa shape index (κ3) is 4.57. The van der Waals surface area contributed by atoms with Gasteiger partial charge in [0.2, 0.25) is 5.91 Å². The van der Waals surface area contributed by atoms with Crippen LogP contribution in [-0.2, 0) is 11.2 Å². The van der Waals surface area contributed by atoms with E-state index in [1.807, 2.05) is 25.6 Å². The minimum atomic E-state index is -0.154. The zero-order chi connectivity index (χ0) is 17.7. The van der Waals surface area contributed by atoms with Crippen LogP contribution in [-0.4, -0.2) is 34.8 Å². The van der Waals surface area contributed by atoms with Crippen molar-refractivity contribution >= 4 is 11.6 Å². The van der Waals surface area contributed by atoms with Crippen molar-refractivity contribution in [1.29, 1.82) is 0 Å². The zero-order valence-corrected chi connectivity index (χ0v) is 15.2. The molecule has 130 valence electrons. The van der Waals surface area contributed by atoms with Crippen LogP contribution < -0.4 is 10.2 Å². The summed E-state index contributed by atoms with van der Waals surface area (Å²) in [6, 6.07) is 8.40. The molecule has 0 bridgehead atoms. The summed E-state index contributed by atoms with van der Waals surface area (Å²) in [5.41, 5.74) is 2.32. The van der Waals surface area contributed by atoms with E-state index in [-0.39, 0.29) is 18.0 Å². The van der Waals surface area contributed by atoms with Crippen LogP contribution in [0.5, 0.6) is 0 Å². The first-order valence-electron chi connectivity index (χ1n) is 8.33. The first-order chi connectivity index (χ1) is 11.4. The molecular weight excluding hydrogens is 302 g/mol. The molecule has 6 nitrogen and oxygen atoms in total. The van der Waals surface area contributed by atoms with E-state index in [0.29, 0.717) is 6.42 Å². The van der Waals surface area contributed by atoms with Crippen molar-refractivity contribution in [2.24, 2.45) is 0 Å². The molecule has 0 aliphatic carbocycles. The van der Waals surface area contributed by atoms with Crippen LogP contribution in [0.2, 0.25) is 0 Å². The molecule has 1 heterocycles. The van der Waals surface area contributed by atoms with Gasteiger partial charge < -0.3 is 14.8 Å². The summed E-state index contributed by atoms with van der Waals surface area (Å²) in [5, 5.41) is 11.1. The number of amides is 1. The maximum Gasteiger partial charge on any atom is 0.220 e. The van der Waals surface area contributed by atoms with Crippen molar-refractivity contribution in [3.05, 3.63) is 42.0 Å². The van der Waals surface area contributed by atoms with Gasteiger partial charge >= 0.3 is 0 Å². The number of nitrogens with one attached hydrogen (secondary N) is 1. The Bertz CT molecular complexity index is 660. The second-order valence-electron chi connectivity index (χ2n) is 6.54. The van der Waals surface area contributed by atoms with E-state index in [1.54, 1.807) is 6.33 Å². The first-order valence-corrected chi connectivity index (χ1v) is 8.33. The van der Waals surface area contributed by atoms with E-state index in [1.165, 1.54) is 0 Å². The number of carbonyl (C=O) groups is 1. The molecule has 1 aromatic heterocycles. The molecule has 1 atom stereocenters. The molecule has 6 heteroatoms. The molecule has 2 rings (SSSR count). The van der Waals surface area contributed by atoms with Crippen LogP contribution in [0.15, 0.2) is 30.6 Å². The lowest BCUT2D eigenvalue weighted by Gasteiger charge is -2.17. The number of hydrogen-bond donors (Lipinski definition) is 1. The molecule has 0 aliphatic heterocycles. The minimum Gasteiger partial charge on any atom is -0.378 e. The zero-order valence-electron chi connectivity index (χ0n) is 15.2. The topological polar surface area (TPSA) is 63.1 Å². The van der Waals surface area contributed by atoms with Gasteiger partial charge in [0.1, 0.15) is 6.33 Å². The SMILES string of the molecule is CC(NC(=O)CCc1ccc(N(C)C)cc1)c1nncn1C(C)C. The highest BCUT2D eigenvalue weighted by Crippen LogP contribution is 2.15. The Hall–Kier alpha value is -2.37. The standard InChI is InChI=1S/C18H27N5O/c1-13(2)23-12-19-21-18(23)14(3)20-17(24)11-8-15-6-9-16(10-7-15)22(4)5/h6-7,9-10,12-14H,8,11H2,1-5H3,(H,20,24). The van der Waals surface area contributed by atoms with Gasteiger partial charge in [-0.1, -0.05) is 12.1 Å². The van der Waals surface area contributed by atoms with E-state index in [4.69, 9.17) is 0 Å². The molecule has 1 unspecified atom stereocenters. The Morgan fingerprint density at radius 1 is 1.21 bits per heavy atom. The van der Waals surface area contributed by atoms with E-state index in [0.717, 1.165) is 23.5 Å². The van der Waals surface area contributed by atoms with Crippen molar-refractivity contribution in [3.8, 4) is 0 Å². The predicted octanol–water partition coefficient (Wildman–Crippen LogP) is 2.74. The highest BCUT2D eigenvalue weighted by molar-refractivity contribution is 5.76. The average Bonchev–Trinajstić information content (AvgIpc) is 3.03. The molecule has 1 N–H and O–H groups in total. The minimum absolute atomic E-state index is 0.0255. The van der Waals surface area contributed by atoms with Crippen molar-refractivity contribution in [2.45, 2.75) is 45.7 Å². The highest BCUT2D eigenvalue weighted by Gasteiger charge is 2.16. The van der Waals surface area contributed by atoms with E-state index >= 15 is 0 Å². The summed E-state index contributed by atoms with van der Waals surface area (Å²) in [5.74, 6) is 0.811. The normalized spacial score (nSPS) is 12.2. The largest absolute Gasteiger partial charge is 0.378 e. The summed E-state index contributed by atoms with van der Waals surface area (Å²) in [6.45, 7) is 6.07. The van der Waals surface area contributed by atoms with Gasteiger partial charge in [-0.2, -0.15) is 0 Å². The summed E-state index contributed by atoms with van der Waals surface area (Å²) >= 11 is 0. The van der Waals surface area contributed by atoms with E-state index in [2.05, 4.69) is 58.5 Å². The van der Waals surface area contributed by atoms with E-state index < -0.39 is 0 Å². The highest BCUT2D eigenvalue weighted by atomic mass is 16.1. The van der Waals surface area contributed by atoms with Gasteiger partial charge in [0.05, 0.1) is 6.04 Å². The third-order valence-electron chi connectivity index (χ3n) is 4.02. The maximum atomic E-state index is 12.2. The molecule has 0 aliphatic rings. The Balaban J connectivity index is 1.87. The van der Waals surface area contributed by atoms with Crippen molar-refractivity contribution in [1.82, 2.24) is 20.1 Å². The number of aryl methyl sites for hydroxylation is 1. The summed E-state index contributed by atoms with van der Waals surface area (Å²) < 4.78 is 1.98. The fourth-order valence-corrected chi connectivity index (χ4v) is 2.56. The maximum absolute atomic E-state index is 12.2. The molecule has 1 aromatic carbocycles. The molecule has 0 saturated carbocycles. The number of hydrogen-bond acceptors (Lipinski definition) is 4. The Morgan fingerprint density at radius 2 is 1.88 bits per heavy atom. The number of aromatic nitrogens is 3. The second-order valence-corrected chi connectivity index (χ2v) is 6.54. The van der Waals surface area contributed by atoms with Crippen LogP contribution in [0.25, 0.3) is 0 Å². The Kier molecular flexibility index (Phi) is 5.95. The van der Waals surface area contributed by atoms with Gasteiger partial charge in [0.15, 0.2) is 5.82 Å². The second kappa shape index (κ2) is 7.95. The van der Waals surface area contributed by atoms with Crippen LogP contribution in [0.3, 0.4) is 0 Å². The molecule has 0 spiro atoms. The lowest BCUT2D eigenvalue weighted by atomic mass is 10.1. The molecule has 0 radical (unpaired) electrons. The lowest BCUT2D eigenvalue weighted by molar-refractivity contribution is -0.121. The number of anilines is 1. The van der Waals surface area contributed by atoms with Crippen LogP contribution in [0, 0.1) is 0 Å². The van der Waals surface area contributed by atoms with Crippen molar-refractivity contribution in [2.75, 3.05) is 19.0 Å². The van der Waals surface area contributed by atoms with Gasteiger partial charge in [0, 0.05) is 32.2 Å². The fourth-order valence-electron chi connectivity index (χ4n) is 2.56. The quantitative estimate of drug-likeness (QED) is 0.848. The van der Waals surface area contributed by atoms with Crippen LogP contribution >= 0.6 is 0 Å². The average molecular weight is 329 g/mol. The monoisotopic (exact) mass is 329 g/mol.